The summed E-state index contributed by atoms with van der Waals surface area (Å²) < 4.78 is 30.1. The molecule has 4 aromatic rings. The summed E-state index contributed by atoms with van der Waals surface area (Å²) in [5.74, 6) is -0.861. The lowest BCUT2D eigenvalue weighted by Crippen LogP contribution is -2.56. The fourth-order valence-electron chi connectivity index (χ4n) is 4.77. The maximum atomic E-state index is 14.5. The minimum absolute atomic E-state index is 0.00829. The third kappa shape index (κ3) is 9.42. The monoisotopic (exact) mass is 709 g/mol. The maximum Gasteiger partial charge on any atom is 0.264 e. The molecule has 7 nitrogen and oxygen atoms in total. The van der Waals surface area contributed by atoms with Crippen LogP contribution in [0.1, 0.15) is 37.5 Å². The minimum atomic E-state index is -4.20. The standard InChI is InChI=1S/C35H37BrClN3O4S/c1-25-10-18-30(19-11-25)40(45(43,44)31-20-16-29(37)17-21-31)24-33(41)39(23-27-12-14-28(36)15-13-27)32(34(42)38-35(2,3)4)22-26-8-6-5-7-9-26/h5-21,32H,22-24H2,1-4H3,(H,38,42)/t32-/m0/s1. The number of carbonyl (C=O) groups is 2. The van der Waals surface area contributed by atoms with E-state index in [-0.39, 0.29) is 23.8 Å². The molecule has 4 aromatic carbocycles. The van der Waals surface area contributed by atoms with Gasteiger partial charge in [-0.1, -0.05) is 87.7 Å². The first-order valence-electron chi connectivity index (χ1n) is 14.5. The predicted octanol–water partition coefficient (Wildman–Crippen LogP) is 7.16. The molecule has 0 spiro atoms. The molecule has 236 valence electrons. The van der Waals surface area contributed by atoms with Gasteiger partial charge in [-0.05, 0) is 87.4 Å². The minimum Gasteiger partial charge on any atom is -0.350 e. The van der Waals surface area contributed by atoms with Crippen LogP contribution < -0.4 is 9.62 Å². The summed E-state index contributed by atoms with van der Waals surface area (Å²) in [7, 11) is -4.20. The van der Waals surface area contributed by atoms with Crippen LogP contribution in [0.25, 0.3) is 0 Å². The molecular weight excluding hydrogens is 674 g/mol. The molecular formula is C35H37BrClN3O4S. The van der Waals surface area contributed by atoms with E-state index in [1.54, 1.807) is 24.3 Å². The summed E-state index contributed by atoms with van der Waals surface area (Å²) >= 11 is 9.51. The van der Waals surface area contributed by atoms with Crippen molar-refractivity contribution in [2.45, 2.75) is 57.1 Å². The number of benzene rings is 4. The Labute approximate surface area is 279 Å². The Bertz CT molecular complexity index is 1710. The van der Waals surface area contributed by atoms with E-state index in [2.05, 4.69) is 21.2 Å². The number of sulfonamides is 1. The zero-order chi connectivity index (χ0) is 32.8. The number of nitrogens with zero attached hydrogens (tertiary/aromatic N) is 2. The van der Waals surface area contributed by atoms with Crippen LogP contribution in [0.5, 0.6) is 0 Å². The highest BCUT2D eigenvalue weighted by Gasteiger charge is 2.35. The van der Waals surface area contributed by atoms with Crippen LogP contribution in [0.4, 0.5) is 5.69 Å². The number of carbonyl (C=O) groups excluding carboxylic acids is 2. The molecule has 1 atom stereocenters. The summed E-state index contributed by atoms with van der Waals surface area (Å²) in [6, 6.07) is 28.7. The molecule has 0 unspecified atom stereocenters. The first kappa shape index (κ1) is 34.2. The Morgan fingerprint density at radius 3 is 2.02 bits per heavy atom. The van der Waals surface area contributed by atoms with Crippen molar-refractivity contribution in [3.05, 3.63) is 129 Å². The average molecular weight is 711 g/mol. The highest BCUT2D eigenvalue weighted by atomic mass is 79.9. The van der Waals surface area contributed by atoms with Gasteiger partial charge in [-0.25, -0.2) is 8.42 Å². The second kappa shape index (κ2) is 14.6. The highest BCUT2D eigenvalue weighted by molar-refractivity contribution is 9.10. The molecule has 10 heteroatoms. The Kier molecular flexibility index (Phi) is 11.1. The van der Waals surface area contributed by atoms with Crippen LogP contribution in [0.2, 0.25) is 5.02 Å². The molecule has 0 saturated heterocycles. The number of aryl methyl sites for hydroxylation is 1. The van der Waals surface area contributed by atoms with Gasteiger partial charge in [-0.3, -0.25) is 13.9 Å². The quantitative estimate of drug-likeness (QED) is 0.179. The second-order valence-corrected chi connectivity index (χ2v) is 15.1. The van der Waals surface area contributed by atoms with Gasteiger partial charge in [0.1, 0.15) is 12.6 Å². The largest absolute Gasteiger partial charge is 0.350 e. The number of amides is 2. The zero-order valence-electron chi connectivity index (χ0n) is 25.7. The number of hydrogen-bond acceptors (Lipinski definition) is 4. The van der Waals surface area contributed by atoms with Crippen molar-refractivity contribution in [3.63, 3.8) is 0 Å². The van der Waals surface area contributed by atoms with Crippen LogP contribution in [-0.4, -0.2) is 43.3 Å². The lowest BCUT2D eigenvalue weighted by molar-refractivity contribution is -0.140. The summed E-state index contributed by atoms with van der Waals surface area (Å²) in [6.45, 7) is 7.09. The highest BCUT2D eigenvalue weighted by Crippen LogP contribution is 2.26. The van der Waals surface area contributed by atoms with E-state index in [4.69, 9.17) is 11.6 Å². The van der Waals surface area contributed by atoms with Gasteiger partial charge in [0.05, 0.1) is 10.6 Å². The van der Waals surface area contributed by atoms with E-state index in [0.717, 1.165) is 25.5 Å². The van der Waals surface area contributed by atoms with Crippen LogP contribution in [0.15, 0.2) is 112 Å². The van der Waals surface area contributed by atoms with Gasteiger partial charge in [0, 0.05) is 28.0 Å². The Morgan fingerprint density at radius 2 is 1.44 bits per heavy atom. The third-order valence-electron chi connectivity index (χ3n) is 7.04. The van der Waals surface area contributed by atoms with Gasteiger partial charge in [-0.15, -0.1) is 0 Å². The van der Waals surface area contributed by atoms with E-state index in [1.165, 1.54) is 29.2 Å². The molecule has 0 bridgehead atoms. The number of nitrogens with one attached hydrogen (secondary N) is 1. The van der Waals surface area contributed by atoms with Crippen molar-refractivity contribution >= 4 is 55.1 Å². The normalized spacial score (nSPS) is 12.3. The molecule has 0 fully saturated rings. The lowest BCUT2D eigenvalue weighted by Gasteiger charge is -2.35. The SMILES string of the molecule is Cc1ccc(N(CC(=O)N(Cc2ccc(Br)cc2)[C@@H](Cc2ccccc2)C(=O)NC(C)(C)C)S(=O)(=O)c2ccc(Cl)cc2)cc1. The molecule has 0 heterocycles. The van der Waals surface area contributed by atoms with E-state index in [9.17, 15) is 18.0 Å². The first-order chi connectivity index (χ1) is 21.2. The van der Waals surface area contributed by atoms with Crippen LogP contribution in [0.3, 0.4) is 0 Å². The average Bonchev–Trinajstić information content (AvgIpc) is 2.99. The fraction of sp³-hybridized carbons (Fsp3) is 0.257. The molecule has 1 N–H and O–H groups in total. The molecule has 45 heavy (non-hydrogen) atoms. The van der Waals surface area contributed by atoms with Gasteiger partial charge in [0.15, 0.2) is 0 Å². The van der Waals surface area contributed by atoms with Gasteiger partial charge >= 0.3 is 0 Å². The fourth-order valence-corrected chi connectivity index (χ4v) is 6.57. The van der Waals surface area contributed by atoms with Crippen molar-refractivity contribution in [2.75, 3.05) is 10.8 Å². The summed E-state index contributed by atoms with van der Waals surface area (Å²) in [5, 5.41) is 3.43. The van der Waals surface area contributed by atoms with Gasteiger partial charge in [0.25, 0.3) is 10.0 Å². The van der Waals surface area contributed by atoms with Gasteiger partial charge in [0.2, 0.25) is 11.8 Å². The Balaban J connectivity index is 1.81. The summed E-state index contributed by atoms with van der Waals surface area (Å²) in [5.41, 5.74) is 2.35. The predicted molar refractivity (Wildman–Crippen MR) is 184 cm³/mol. The molecule has 2 amide bonds. The molecule has 0 radical (unpaired) electrons. The van der Waals surface area contributed by atoms with E-state index in [1.807, 2.05) is 82.3 Å². The smallest absolute Gasteiger partial charge is 0.264 e. The first-order valence-corrected chi connectivity index (χ1v) is 17.1. The second-order valence-electron chi connectivity index (χ2n) is 11.9. The summed E-state index contributed by atoms with van der Waals surface area (Å²) in [4.78, 5) is 29.9. The van der Waals surface area contributed by atoms with Crippen molar-refractivity contribution in [1.82, 2.24) is 10.2 Å². The van der Waals surface area contributed by atoms with Crippen molar-refractivity contribution in [3.8, 4) is 0 Å². The van der Waals surface area contributed by atoms with Crippen LogP contribution in [0, 0.1) is 6.92 Å². The van der Waals surface area contributed by atoms with Crippen molar-refractivity contribution in [1.29, 1.82) is 0 Å². The molecule has 0 aliphatic heterocycles. The van der Waals surface area contributed by atoms with E-state index >= 15 is 0 Å². The van der Waals surface area contributed by atoms with Gasteiger partial charge in [-0.2, -0.15) is 0 Å². The molecule has 4 rings (SSSR count). The molecule has 0 saturated carbocycles. The maximum absolute atomic E-state index is 14.5. The van der Waals surface area contributed by atoms with Crippen molar-refractivity contribution < 1.29 is 18.0 Å². The van der Waals surface area contributed by atoms with Crippen LogP contribution in [-0.2, 0) is 32.6 Å². The van der Waals surface area contributed by atoms with Gasteiger partial charge < -0.3 is 10.2 Å². The molecule has 0 aliphatic carbocycles. The third-order valence-corrected chi connectivity index (χ3v) is 9.61. The summed E-state index contributed by atoms with van der Waals surface area (Å²) in [6.07, 6.45) is 0.236. The zero-order valence-corrected chi connectivity index (χ0v) is 28.9. The van der Waals surface area contributed by atoms with E-state index < -0.39 is 34.1 Å². The Morgan fingerprint density at radius 1 is 0.844 bits per heavy atom. The van der Waals surface area contributed by atoms with E-state index in [0.29, 0.717) is 10.7 Å². The molecule has 0 aromatic heterocycles. The number of halogens is 2. The lowest BCUT2D eigenvalue weighted by atomic mass is 10.0. The number of hydrogen-bond donors (Lipinski definition) is 1. The number of anilines is 1. The van der Waals surface area contributed by atoms with Crippen molar-refractivity contribution in [2.24, 2.45) is 0 Å². The Hall–Kier alpha value is -3.66. The molecule has 0 aliphatic rings. The topological polar surface area (TPSA) is 86.8 Å². The number of rotatable bonds is 11. The van der Waals surface area contributed by atoms with Crippen LogP contribution >= 0.6 is 27.5 Å².